The van der Waals surface area contributed by atoms with Crippen molar-refractivity contribution < 1.29 is 9.13 Å². The third-order valence-electron chi connectivity index (χ3n) is 2.62. The molecule has 1 unspecified atom stereocenters. The van der Waals surface area contributed by atoms with E-state index in [0.29, 0.717) is 19.5 Å². The average molecular weight is 285 g/mol. The van der Waals surface area contributed by atoms with Crippen LogP contribution in [0.15, 0.2) is 29.2 Å². The lowest BCUT2D eigenvalue weighted by Crippen LogP contribution is -2.34. The zero-order chi connectivity index (χ0) is 14.4. The van der Waals surface area contributed by atoms with Gasteiger partial charge in [-0.15, -0.1) is 0 Å². The second-order valence-electron chi connectivity index (χ2n) is 4.35. The molecule has 7 heteroatoms. The molecule has 0 bridgehead atoms. The Bertz CT molecular complexity index is 465. The Morgan fingerprint density at radius 2 is 2.05 bits per heavy atom. The molecule has 1 atom stereocenters. The van der Waals surface area contributed by atoms with Crippen LogP contribution in [0.25, 0.3) is 0 Å². The van der Waals surface area contributed by atoms with E-state index in [9.17, 15) is 14.3 Å². The van der Waals surface area contributed by atoms with Crippen molar-refractivity contribution in [3.05, 3.63) is 34.4 Å². The van der Waals surface area contributed by atoms with E-state index < -0.39 is 15.9 Å². The first-order chi connectivity index (χ1) is 8.99. The van der Waals surface area contributed by atoms with Crippen LogP contribution in [-0.4, -0.2) is 32.6 Å². The van der Waals surface area contributed by atoms with Gasteiger partial charge in [0.1, 0.15) is 15.9 Å². The van der Waals surface area contributed by atoms with E-state index in [4.69, 9.17) is 5.73 Å². The highest BCUT2D eigenvalue weighted by Gasteiger charge is 2.24. The lowest BCUT2D eigenvalue weighted by molar-refractivity contribution is -0.387. The van der Waals surface area contributed by atoms with Gasteiger partial charge in [-0.2, -0.15) is 0 Å². The number of nitrogens with two attached hydrogens (primary N) is 1. The van der Waals surface area contributed by atoms with E-state index in [-0.39, 0.29) is 16.6 Å². The van der Waals surface area contributed by atoms with Crippen LogP contribution in [0.3, 0.4) is 0 Å². The van der Waals surface area contributed by atoms with Crippen LogP contribution in [0.4, 0.5) is 5.69 Å². The summed E-state index contributed by atoms with van der Waals surface area (Å²) in [6, 6.07) is 6.15. The minimum absolute atomic E-state index is 0.0205. The third kappa shape index (κ3) is 4.09. The van der Waals surface area contributed by atoms with Gasteiger partial charge < -0.3 is 5.73 Å². The predicted molar refractivity (Wildman–Crippen MR) is 75.0 cm³/mol. The SMILES string of the molecule is CC(C)N(CCCN)S(=O)c1ccccc1[N+](=O)[O-]. The lowest BCUT2D eigenvalue weighted by atomic mass is 10.3. The molecule has 0 saturated heterocycles. The molecule has 2 N–H and O–H groups in total. The van der Waals surface area contributed by atoms with Crippen LogP contribution in [-0.2, 0) is 11.0 Å². The molecule has 0 heterocycles. The Hall–Kier alpha value is -1.31. The number of nitro benzene ring substituents is 1. The molecule has 0 aliphatic carbocycles. The molecule has 1 aromatic rings. The fourth-order valence-corrected chi connectivity index (χ4v) is 3.11. The summed E-state index contributed by atoms with van der Waals surface area (Å²) in [6.07, 6.45) is 0.699. The van der Waals surface area contributed by atoms with Crippen molar-refractivity contribution in [1.82, 2.24) is 4.31 Å². The number of hydrogen-bond donors (Lipinski definition) is 1. The van der Waals surface area contributed by atoms with Crippen molar-refractivity contribution >= 4 is 16.7 Å². The van der Waals surface area contributed by atoms with E-state index in [1.807, 2.05) is 13.8 Å². The molecule has 0 fully saturated rings. The molecular formula is C12H19N3O3S. The quantitative estimate of drug-likeness (QED) is 0.609. The van der Waals surface area contributed by atoms with Crippen LogP contribution < -0.4 is 5.73 Å². The van der Waals surface area contributed by atoms with Crippen LogP contribution in [0.1, 0.15) is 20.3 Å². The Morgan fingerprint density at radius 1 is 1.42 bits per heavy atom. The molecule has 19 heavy (non-hydrogen) atoms. The summed E-state index contributed by atoms with van der Waals surface area (Å²) in [5, 5.41) is 11.0. The maximum atomic E-state index is 12.5. The van der Waals surface area contributed by atoms with Gasteiger partial charge in [-0.25, -0.2) is 8.51 Å². The highest BCUT2D eigenvalue weighted by Crippen LogP contribution is 2.24. The van der Waals surface area contributed by atoms with Crippen LogP contribution >= 0.6 is 0 Å². The standard InChI is InChI=1S/C12H19N3O3S/c1-10(2)14(9-5-8-13)19(18)12-7-4-3-6-11(12)15(16)17/h3-4,6-7,10H,5,8-9,13H2,1-2H3. The zero-order valence-electron chi connectivity index (χ0n) is 11.1. The molecule has 1 rings (SSSR count). The summed E-state index contributed by atoms with van der Waals surface area (Å²) < 4.78 is 14.2. The number of benzene rings is 1. The Kier molecular flexibility index (Phi) is 6.07. The number of rotatable bonds is 7. The van der Waals surface area contributed by atoms with Crippen molar-refractivity contribution in [2.24, 2.45) is 5.73 Å². The van der Waals surface area contributed by atoms with Crippen molar-refractivity contribution in [2.45, 2.75) is 31.2 Å². The van der Waals surface area contributed by atoms with E-state index in [1.165, 1.54) is 12.1 Å². The van der Waals surface area contributed by atoms with Crippen LogP contribution in [0.2, 0.25) is 0 Å². The zero-order valence-corrected chi connectivity index (χ0v) is 11.9. The molecule has 0 saturated carbocycles. The molecule has 0 aliphatic rings. The molecule has 0 aromatic heterocycles. The highest BCUT2D eigenvalue weighted by molar-refractivity contribution is 7.82. The summed E-state index contributed by atoms with van der Waals surface area (Å²) in [6.45, 7) is 4.86. The Balaban J connectivity index is 3.06. The van der Waals surface area contributed by atoms with Gasteiger partial charge in [0, 0.05) is 18.7 Å². The summed E-state index contributed by atoms with van der Waals surface area (Å²) >= 11 is 0. The summed E-state index contributed by atoms with van der Waals surface area (Å²) in [5.41, 5.74) is 5.35. The maximum absolute atomic E-state index is 12.5. The van der Waals surface area contributed by atoms with Gasteiger partial charge in [0.2, 0.25) is 0 Å². The van der Waals surface area contributed by atoms with Gasteiger partial charge in [-0.3, -0.25) is 10.1 Å². The fourth-order valence-electron chi connectivity index (χ4n) is 1.66. The molecule has 0 aliphatic heterocycles. The van der Waals surface area contributed by atoms with Crippen LogP contribution in [0.5, 0.6) is 0 Å². The van der Waals surface area contributed by atoms with E-state index >= 15 is 0 Å². The number of hydrogen-bond acceptors (Lipinski definition) is 4. The second-order valence-corrected chi connectivity index (χ2v) is 5.76. The smallest absolute Gasteiger partial charge is 0.286 e. The largest absolute Gasteiger partial charge is 0.330 e. The van der Waals surface area contributed by atoms with E-state index in [1.54, 1.807) is 16.4 Å². The molecule has 0 radical (unpaired) electrons. The molecular weight excluding hydrogens is 266 g/mol. The third-order valence-corrected chi connectivity index (χ3v) is 4.37. The highest BCUT2D eigenvalue weighted by atomic mass is 32.2. The molecule has 0 spiro atoms. The Morgan fingerprint density at radius 3 is 2.58 bits per heavy atom. The van der Waals surface area contributed by atoms with Crippen molar-refractivity contribution in [3.63, 3.8) is 0 Å². The summed E-state index contributed by atoms with van der Waals surface area (Å²) in [7, 11) is -1.55. The minimum Gasteiger partial charge on any atom is -0.330 e. The average Bonchev–Trinajstić information content (AvgIpc) is 2.38. The number of nitro groups is 1. The van der Waals surface area contributed by atoms with Gasteiger partial charge >= 0.3 is 0 Å². The normalized spacial score (nSPS) is 12.9. The molecule has 106 valence electrons. The molecule has 0 amide bonds. The van der Waals surface area contributed by atoms with Crippen molar-refractivity contribution in [2.75, 3.05) is 13.1 Å². The van der Waals surface area contributed by atoms with E-state index in [2.05, 4.69) is 0 Å². The van der Waals surface area contributed by atoms with Gasteiger partial charge in [-0.1, -0.05) is 12.1 Å². The summed E-state index contributed by atoms with van der Waals surface area (Å²) in [4.78, 5) is 10.7. The monoisotopic (exact) mass is 285 g/mol. The van der Waals surface area contributed by atoms with Gasteiger partial charge in [0.25, 0.3) is 5.69 Å². The van der Waals surface area contributed by atoms with Crippen molar-refractivity contribution in [1.29, 1.82) is 0 Å². The number of nitrogens with zero attached hydrogens (tertiary/aromatic N) is 2. The number of para-hydroxylation sites is 1. The van der Waals surface area contributed by atoms with Gasteiger partial charge in [0.15, 0.2) is 0 Å². The minimum atomic E-state index is -1.55. The van der Waals surface area contributed by atoms with Crippen molar-refractivity contribution in [3.8, 4) is 0 Å². The maximum Gasteiger partial charge on any atom is 0.286 e. The Labute approximate surface area is 115 Å². The van der Waals surface area contributed by atoms with Gasteiger partial charge in [-0.05, 0) is 32.9 Å². The fraction of sp³-hybridized carbons (Fsp3) is 0.500. The lowest BCUT2D eigenvalue weighted by Gasteiger charge is -2.24. The first kappa shape index (κ1) is 15.7. The predicted octanol–water partition coefficient (Wildman–Crippen LogP) is 1.68. The van der Waals surface area contributed by atoms with Crippen LogP contribution in [0, 0.1) is 10.1 Å². The molecule has 1 aromatic carbocycles. The van der Waals surface area contributed by atoms with E-state index in [0.717, 1.165) is 0 Å². The first-order valence-corrected chi connectivity index (χ1v) is 7.21. The summed E-state index contributed by atoms with van der Waals surface area (Å²) in [5.74, 6) is 0. The molecule has 6 nitrogen and oxygen atoms in total. The topological polar surface area (TPSA) is 89.5 Å². The second kappa shape index (κ2) is 7.32. The first-order valence-electron chi connectivity index (χ1n) is 6.11. The van der Waals surface area contributed by atoms with Gasteiger partial charge in [0.05, 0.1) is 4.92 Å².